The number of aryl methyl sites for hydroxylation is 1. The number of nitrogens with two attached hydrogens (primary N) is 1. The van der Waals surface area contributed by atoms with Gasteiger partial charge in [0.1, 0.15) is 0 Å². The van der Waals surface area contributed by atoms with E-state index in [-0.39, 0.29) is 0 Å². The first-order valence-corrected chi connectivity index (χ1v) is 5.23. The lowest BCUT2D eigenvalue weighted by Gasteiger charge is -2.01. The molecule has 0 saturated carbocycles. The maximum Gasteiger partial charge on any atom is 0.188 e. The lowest BCUT2D eigenvalue weighted by molar-refractivity contribution is 0.924. The van der Waals surface area contributed by atoms with E-state index in [9.17, 15) is 0 Å². The Kier molecular flexibility index (Phi) is 3.76. The topological polar surface area (TPSA) is 50.4 Å². The fraction of sp³-hybridized carbons (Fsp3) is 0.444. The maximum absolute atomic E-state index is 5.59. The van der Waals surface area contributed by atoms with Gasteiger partial charge in [0.05, 0.1) is 6.54 Å². The lowest BCUT2D eigenvalue weighted by atomic mass is 10.2. The Labute approximate surface area is 82.7 Å². The van der Waals surface area contributed by atoms with Crippen LogP contribution in [0, 0.1) is 6.92 Å². The summed E-state index contributed by atoms with van der Waals surface area (Å²) in [6, 6.07) is 0. The van der Waals surface area contributed by atoms with Crippen LogP contribution in [0.25, 0.3) is 0 Å². The first-order chi connectivity index (χ1) is 6.24. The van der Waals surface area contributed by atoms with Crippen molar-refractivity contribution in [2.45, 2.75) is 20.4 Å². The van der Waals surface area contributed by atoms with Crippen molar-refractivity contribution < 1.29 is 0 Å². The third-order valence-corrected chi connectivity index (χ3v) is 2.65. The maximum atomic E-state index is 5.59. The van der Waals surface area contributed by atoms with Gasteiger partial charge in [-0.15, -0.1) is 0 Å². The molecule has 0 spiro atoms. The molecule has 1 aromatic heterocycles. The van der Waals surface area contributed by atoms with Gasteiger partial charge in [0.2, 0.25) is 0 Å². The predicted molar refractivity (Wildman–Crippen MR) is 58.1 cm³/mol. The summed E-state index contributed by atoms with van der Waals surface area (Å²) in [6.07, 6.45) is 0. The molecule has 0 aliphatic heterocycles. The molecule has 0 unspecified atom stereocenters. The van der Waals surface area contributed by atoms with Gasteiger partial charge >= 0.3 is 0 Å². The van der Waals surface area contributed by atoms with Gasteiger partial charge in [-0.25, -0.2) is 4.99 Å². The minimum Gasteiger partial charge on any atom is -0.370 e. The molecule has 0 saturated heterocycles. The molecule has 0 radical (unpaired) electrons. The standard InChI is InChI=1S/C9H15N3S/c1-3-11-9(10)12-4-8-6-13-5-7(8)2/h5-6H,3-4H2,1-2H3,(H3,10,11,12). The van der Waals surface area contributed by atoms with E-state index in [2.05, 4.69) is 28.0 Å². The lowest BCUT2D eigenvalue weighted by Crippen LogP contribution is -2.31. The quantitative estimate of drug-likeness (QED) is 0.569. The van der Waals surface area contributed by atoms with Crippen LogP contribution in [0.4, 0.5) is 0 Å². The van der Waals surface area contributed by atoms with Crippen molar-refractivity contribution in [2.75, 3.05) is 6.54 Å². The second-order valence-electron chi connectivity index (χ2n) is 2.81. The summed E-state index contributed by atoms with van der Waals surface area (Å²) in [5.41, 5.74) is 8.14. The molecule has 0 amide bonds. The van der Waals surface area contributed by atoms with E-state index >= 15 is 0 Å². The molecule has 0 aliphatic carbocycles. The zero-order valence-electron chi connectivity index (χ0n) is 8.00. The Hall–Kier alpha value is -1.03. The molecule has 1 rings (SSSR count). The van der Waals surface area contributed by atoms with Crippen molar-refractivity contribution in [3.8, 4) is 0 Å². The summed E-state index contributed by atoms with van der Waals surface area (Å²) in [5, 5.41) is 7.19. The van der Waals surface area contributed by atoms with Crippen LogP contribution in [-0.4, -0.2) is 12.5 Å². The molecular formula is C9H15N3S. The molecule has 1 aromatic rings. The zero-order valence-corrected chi connectivity index (χ0v) is 8.82. The van der Waals surface area contributed by atoms with E-state index in [4.69, 9.17) is 5.73 Å². The fourth-order valence-electron chi connectivity index (χ4n) is 0.956. The van der Waals surface area contributed by atoms with Crippen LogP contribution < -0.4 is 11.1 Å². The average molecular weight is 197 g/mol. The van der Waals surface area contributed by atoms with Crippen molar-refractivity contribution in [1.82, 2.24) is 5.32 Å². The van der Waals surface area contributed by atoms with E-state index < -0.39 is 0 Å². The summed E-state index contributed by atoms with van der Waals surface area (Å²) in [7, 11) is 0. The highest BCUT2D eigenvalue weighted by Gasteiger charge is 1.97. The van der Waals surface area contributed by atoms with Crippen LogP contribution in [0.2, 0.25) is 0 Å². The molecule has 0 aliphatic rings. The second-order valence-corrected chi connectivity index (χ2v) is 3.56. The monoisotopic (exact) mass is 197 g/mol. The zero-order chi connectivity index (χ0) is 9.68. The Balaban J connectivity index is 2.51. The number of thiophene rings is 1. The van der Waals surface area contributed by atoms with Gasteiger partial charge in [-0.2, -0.15) is 11.3 Å². The van der Waals surface area contributed by atoms with Crippen LogP contribution in [0.15, 0.2) is 15.8 Å². The summed E-state index contributed by atoms with van der Waals surface area (Å²) in [6.45, 7) is 5.58. The van der Waals surface area contributed by atoms with E-state index in [0.29, 0.717) is 12.5 Å². The second kappa shape index (κ2) is 4.87. The summed E-state index contributed by atoms with van der Waals surface area (Å²) < 4.78 is 0. The third-order valence-electron chi connectivity index (χ3n) is 1.74. The number of rotatable bonds is 3. The molecule has 1 heterocycles. The van der Waals surface area contributed by atoms with Gasteiger partial charge in [0, 0.05) is 6.54 Å². The molecule has 0 fully saturated rings. The molecular weight excluding hydrogens is 182 g/mol. The van der Waals surface area contributed by atoms with Gasteiger partial charge in [0.25, 0.3) is 0 Å². The van der Waals surface area contributed by atoms with Gasteiger partial charge in [-0.3, -0.25) is 0 Å². The Morgan fingerprint density at radius 1 is 1.62 bits per heavy atom. The van der Waals surface area contributed by atoms with Crippen molar-refractivity contribution >= 4 is 17.3 Å². The minimum absolute atomic E-state index is 0.521. The van der Waals surface area contributed by atoms with Crippen LogP contribution in [0.5, 0.6) is 0 Å². The highest BCUT2D eigenvalue weighted by molar-refractivity contribution is 7.08. The Morgan fingerprint density at radius 2 is 2.38 bits per heavy atom. The number of guanidine groups is 1. The minimum atomic E-state index is 0.521. The number of aliphatic imine (C=N–C) groups is 1. The van der Waals surface area contributed by atoms with Gasteiger partial charge in [0.15, 0.2) is 5.96 Å². The summed E-state index contributed by atoms with van der Waals surface area (Å²) >= 11 is 1.70. The number of nitrogens with zero attached hydrogens (tertiary/aromatic N) is 1. The highest BCUT2D eigenvalue weighted by Crippen LogP contribution is 2.14. The van der Waals surface area contributed by atoms with E-state index in [0.717, 1.165) is 6.54 Å². The third kappa shape index (κ3) is 3.06. The first kappa shape index (κ1) is 10.1. The molecule has 0 bridgehead atoms. The van der Waals surface area contributed by atoms with Crippen molar-refractivity contribution in [1.29, 1.82) is 0 Å². The van der Waals surface area contributed by atoms with E-state index in [1.54, 1.807) is 11.3 Å². The summed E-state index contributed by atoms with van der Waals surface area (Å²) in [5.74, 6) is 0.521. The normalized spacial score (nSPS) is 11.7. The van der Waals surface area contributed by atoms with Crippen molar-refractivity contribution in [2.24, 2.45) is 10.7 Å². The molecule has 3 N–H and O–H groups in total. The summed E-state index contributed by atoms with van der Waals surface area (Å²) in [4.78, 5) is 4.21. The fourth-order valence-corrected chi connectivity index (χ4v) is 1.80. The molecule has 0 aromatic carbocycles. The highest BCUT2D eigenvalue weighted by atomic mass is 32.1. The number of hydrogen-bond donors (Lipinski definition) is 2. The largest absolute Gasteiger partial charge is 0.370 e. The first-order valence-electron chi connectivity index (χ1n) is 4.29. The molecule has 3 nitrogen and oxygen atoms in total. The molecule has 13 heavy (non-hydrogen) atoms. The Morgan fingerprint density at radius 3 is 2.92 bits per heavy atom. The van der Waals surface area contributed by atoms with Crippen LogP contribution in [0.3, 0.4) is 0 Å². The molecule has 4 heteroatoms. The smallest absolute Gasteiger partial charge is 0.188 e. The van der Waals surface area contributed by atoms with E-state index in [1.807, 2.05) is 6.92 Å². The number of hydrogen-bond acceptors (Lipinski definition) is 2. The van der Waals surface area contributed by atoms with Crippen molar-refractivity contribution in [3.63, 3.8) is 0 Å². The predicted octanol–water partition coefficient (Wildman–Crippen LogP) is 1.48. The van der Waals surface area contributed by atoms with Gasteiger partial charge in [-0.05, 0) is 35.7 Å². The van der Waals surface area contributed by atoms with Crippen molar-refractivity contribution in [3.05, 3.63) is 21.9 Å². The molecule has 0 atom stereocenters. The average Bonchev–Trinajstić information content (AvgIpc) is 2.48. The van der Waals surface area contributed by atoms with Crippen LogP contribution >= 0.6 is 11.3 Å². The van der Waals surface area contributed by atoms with Gasteiger partial charge in [-0.1, -0.05) is 0 Å². The van der Waals surface area contributed by atoms with Crippen LogP contribution in [0.1, 0.15) is 18.1 Å². The van der Waals surface area contributed by atoms with E-state index in [1.165, 1.54) is 11.1 Å². The SMILES string of the molecule is CCNC(N)=NCc1cscc1C. The van der Waals surface area contributed by atoms with Crippen LogP contribution in [-0.2, 0) is 6.54 Å². The number of nitrogens with one attached hydrogen (secondary N) is 1. The Bertz CT molecular complexity index is 291. The van der Waals surface area contributed by atoms with Gasteiger partial charge < -0.3 is 11.1 Å². The molecule has 72 valence electrons.